The number of nitrogens with zero attached hydrogens (tertiary/aromatic N) is 1. The van der Waals surface area contributed by atoms with Crippen LogP contribution in [-0.2, 0) is 0 Å². The number of nitrogen functional groups attached to an aromatic ring is 1. The van der Waals surface area contributed by atoms with Crippen LogP contribution in [0, 0.1) is 5.41 Å². The van der Waals surface area contributed by atoms with Crippen LogP contribution in [0.1, 0.15) is 24.2 Å². The summed E-state index contributed by atoms with van der Waals surface area (Å²) in [5, 5.41) is 2.93. The minimum atomic E-state index is -0.202. The van der Waals surface area contributed by atoms with Gasteiger partial charge in [0.25, 0.3) is 5.91 Å². The molecule has 5 nitrogen and oxygen atoms in total. The number of benzene rings is 1. The van der Waals surface area contributed by atoms with Crippen LogP contribution in [0.15, 0.2) is 18.2 Å². The zero-order valence-electron chi connectivity index (χ0n) is 13.0. The van der Waals surface area contributed by atoms with Crippen LogP contribution in [0.4, 0.5) is 5.69 Å². The molecule has 0 saturated heterocycles. The van der Waals surface area contributed by atoms with E-state index in [9.17, 15) is 4.79 Å². The first-order valence-electron chi connectivity index (χ1n) is 6.62. The first-order chi connectivity index (χ1) is 9.26. The number of nitrogens with two attached hydrogens (primary N) is 1. The van der Waals surface area contributed by atoms with E-state index in [1.54, 1.807) is 18.2 Å². The molecule has 5 heteroatoms. The summed E-state index contributed by atoms with van der Waals surface area (Å²) in [6, 6.07) is 5.19. The second-order valence-electron chi connectivity index (χ2n) is 6.01. The number of carbonyl (C=O) groups excluding carboxylic acids is 1. The topological polar surface area (TPSA) is 67.6 Å². The Morgan fingerprint density at radius 1 is 1.40 bits per heavy atom. The van der Waals surface area contributed by atoms with Gasteiger partial charge in [0.1, 0.15) is 11.3 Å². The van der Waals surface area contributed by atoms with E-state index in [1.165, 1.54) is 7.11 Å². The molecule has 1 rings (SSSR count). The van der Waals surface area contributed by atoms with E-state index in [2.05, 4.69) is 24.1 Å². The lowest BCUT2D eigenvalue weighted by Gasteiger charge is -2.28. The molecule has 1 aromatic carbocycles. The predicted molar refractivity (Wildman–Crippen MR) is 82.1 cm³/mol. The van der Waals surface area contributed by atoms with Crippen LogP contribution >= 0.6 is 0 Å². The molecule has 1 amide bonds. The second kappa shape index (κ2) is 6.61. The third-order valence-corrected chi connectivity index (χ3v) is 2.98. The quantitative estimate of drug-likeness (QED) is 0.776. The van der Waals surface area contributed by atoms with Crippen LogP contribution in [0.5, 0.6) is 5.75 Å². The minimum absolute atomic E-state index is 0.0179. The number of hydrogen-bond acceptors (Lipinski definition) is 4. The third-order valence-electron chi connectivity index (χ3n) is 2.98. The van der Waals surface area contributed by atoms with Crippen LogP contribution in [0.3, 0.4) is 0 Å². The fourth-order valence-electron chi connectivity index (χ4n) is 2.28. The number of anilines is 1. The van der Waals surface area contributed by atoms with Crippen molar-refractivity contribution in [2.45, 2.75) is 13.8 Å². The zero-order chi connectivity index (χ0) is 15.3. The minimum Gasteiger partial charge on any atom is -0.496 e. The molecule has 0 heterocycles. The van der Waals surface area contributed by atoms with Gasteiger partial charge in [-0.3, -0.25) is 4.79 Å². The Bertz CT molecular complexity index is 470. The second-order valence-corrected chi connectivity index (χ2v) is 6.01. The molecule has 0 bridgehead atoms. The van der Waals surface area contributed by atoms with Crippen molar-refractivity contribution in [1.29, 1.82) is 0 Å². The monoisotopic (exact) mass is 279 g/mol. The van der Waals surface area contributed by atoms with Crippen LogP contribution in [-0.4, -0.2) is 45.1 Å². The smallest absolute Gasteiger partial charge is 0.257 e. The summed E-state index contributed by atoms with van der Waals surface area (Å²) in [6.07, 6.45) is 0. The van der Waals surface area contributed by atoms with Gasteiger partial charge in [0.2, 0.25) is 0 Å². The maximum Gasteiger partial charge on any atom is 0.257 e. The first kappa shape index (κ1) is 16.3. The highest BCUT2D eigenvalue weighted by Crippen LogP contribution is 2.24. The number of nitrogens with one attached hydrogen (secondary N) is 1. The highest BCUT2D eigenvalue weighted by atomic mass is 16.5. The molecule has 20 heavy (non-hydrogen) atoms. The van der Waals surface area contributed by atoms with E-state index in [4.69, 9.17) is 10.5 Å². The van der Waals surface area contributed by atoms with Gasteiger partial charge in [-0.2, -0.15) is 0 Å². The van der Waals surface area contributed by atoms with E-state index < -0.39 is 0 Å². The summed E-state index contributed by atoms with van der Waals surface area (Å²) >= 11 is 0. The zero-order valence-corrected chi connectivity index (χ0v) is 13.0. The summed E-state index contributed by atoms with van der Waals surface area (Å²) in [5.74, 6) is 0.291. The summed E-state index contributed by atoms with van der Waals surface area (Å²) in [7, 11) is 5.56. The molecule has 0 aliphatic rings. The fourth-order valence-corrected chi connectivity index (χ4v) is 2.28. The highest BCUT2D eigenvalue weighted by Gasteiger charge is 2.22. The molecule has 3 N–H and O–H groups in total. The number of rotatable bonds is 6. The molecule has 0 unspecified atom stereocenters. The highest BCUT2D eigenvalue weighted by molar-refractivity contribution is 6.01. The van der Waals surface area contributed by atoms with Gasteiger partial charge in [-0.05, 0) is 31.6 Å². The Hall–Kier alpha value is -1.75. The van der Waals surface area contributed by atoms with Crippen molar-refractivity contribution in [2.75, 3.05) is 40.0 Å². The average molecular weight is 279 g/mol. The van der Waals surface area contributed by atoms with Crippen molar-refractivity contribution in [3.63, 3.8) is 0 Å². The van der Waals surface area contributed by atoms with E-state index in [0.29, 0.717) is 23.5 Å². The number of amides is 1. The molecule has 0 radical (unpaired) electrons. The molecule has 0 atom stereocenters. The standard InChI is InChI=1S/C15H25N3O2/c1-15(2,10-18(3)4)9-17-14(19)13-11(16)7-6-8-12(13)20-5/h6-8H,9-10,16H2,1-5H3,(H,17,19). The lowest BCUT2D eigenvalue weighted by Crippen LogP contribution is -2.40. The van der Waals surface area contributed by atoms with Gasteiger partial charge in [0.05, 0.1) is 7.11 Å². The fraction of sp³-hybridized carbons (Fsp3) is 0.533. The van der Waals surface area contributed by atoms with Gasteiger partial charge in [-0.15, -0.1) is 0 Å². The van der Waals surface area contributed by atoms with E-state index in [-0.39, 0.29) is 11.3 Å². The van der Waals surface area contributed by atoms with Crippen molar-refractivity contribution < 1.29 is 9.53 Å². The number of carbonyl (C=O) groups is 1. The first-order valence-corrected chi connectivity index (χ1v) is 6.62. The van der Waals surface area contributed by atoms with Crippen molar-refractivity contribution >= 4 is 11.6 Å². The van der Waals surface area contributed by atoms with Gasteiger partial charge >= 0.3 is 0 Å². The van der Waals surface area contributed by atoms with Crippen molar-refractivity contribution in [3.8, 4) is 5.75 Å². The van der Waals surface area contributed by atoms with Crippen molar-refractivity contribution in [2.24, 2.45) is 5.41 Å². The van der Waals surface area contributed by atoms with Gasteiger partial charge in [-0.25, -0.2) is 0 Å². The Kier molecular flexibility index (Phi) is 5.39. The van der Waals surface area contributed by atoms with E-state index in [0.717, 1.165) is 6.54 Å². The van der Waals surface area contributed by atoms with Crippen LogP contribution < -0.4 is 15.8 Å². The van der Waals surface area contributed by atoms with Gasteiger partial charge in [-0.1, -0.05) is 19.9 Å². The predicted octanol–water partition coefficient (Wildman–Crippen LogP) is 1.59. The molecular weight excluding hydrogens is 254 g/mol. The van der Waals surface area contributed by atoms with E-state index in [1.807, 2.05) is 14.1 Å². The lowest BCUT2D eigenvalue weighted by molar-refractivity contribution is 0.0927. The molecule has 0 saturated carbocycles. The van der Waals surface area contributed by atoms with Gasteiger partial charge in [0, 0.05) is 18.8 Å². The summed E-state index contributed by atoms with van der Waals surface area (Å²) in [5.41, 5.74) is 6.67. The SMILES string of the molecule is COc1cccc(N)c1C(=O)NCC(C)(C)CN(C)C. The summed E-state index contributed by atoms with van der Waals surface area (Å²) in [4.78, 5) is 14.4. The Balaban J connectivity index is 2.78. The number of ether oxygens (including phenoxy) is 1. The molecule has 112 valence electrons. The van der Waals surface area contributed by atoms with Crippen molar-refractivity contribution in [3.05, 3.63) is 23.8 Å². The Morgan fingerprint density at radius 2 is 2.05 bits per heavy atom. The summed E-state index contributed by atoms with van der Waals surface area (Å²) in [6.45, 7) is 5.67. The molecule has 0 fully saturated rings. The maximum atomic E-state index is 12.3. The summed E-state index contributed by atoms with van der Waals surface area (Å²) < 4.78 is 5.19. The van der Waals surface area contributed by atoms with Crippen molar-refractivity contribution in [1.82, 2.24) is 10.2 Å². The molecule has 0 spiro atoms. The van der Waals surface area contributed by atoms with Gasteiger partial charge < -0.3 is 20.7 Å². The Morgan fingerprint density at radius 3 is 2.60 bits per heavy atom. The molecule has 0 aliphatic heterocycles. The van der Waals surface area contributed by atoms with Gasteiger partial charge in [0.15, 0.2) is 0 Å². The molecule has 0 aliphatic carbocycles. The Labute approximate surface area is 121 Å². The van der Waals surface area contributed by atoms with E-state index >= 15 is 0 Å². The average Bonchev–Trinajstić information content (AvgIpc) is 2.34. The molecule has 0 aromatic heterocycles. The van der Waals surface area contributed by atoms with Crippen LogP contribution in [0.25, 0.3) is 0 Å². The molecular formula is C15H25N3O2. The number of hydrogen-bond donors (Lipinski definition) is 2. The maximum absolute atomic E-state index is 12.3. The number of methoxy groups -OCH3 is 1. The third kappa shape index (κ3) is 4.42. The normalized spacial score (nSPS) is 11.5. The lowest BCUT2D eigenvalue weighted by atomic mass is 9.93. The van der Waals surface area contributed by atoms with Crippen LogP contribution in [0.2, 0.25) is 0 Å². The largest absolute Gasteiger partial charge is 0.496 e. The molecule has 1 aromatic rings.